The summed E-state index contributed by atoms with van der Waals surface area (Å²) in [7, 11) is 0. The van der Waals surface area contributed by atoms with E-state index in [9.17, 15) is 14.9 Å². The highest BCUT2D eigenvalue weighted by Gasteiger charge is 2.21. The lowest BCUT2D eigenvalue weighted by Crippen LogP contribution is -2.10. The topological polar surface area (TPSA) is 72.2 Å². The van der Waals surface area contributed by atoms with E-state index in [0.717, 1.165) is 17.4 Å². The van der Waals surface area contributed by atoms with Gasteiger partial charge in [-0.1, -0.05) is 35.3 Å². The summed E-state index contributed by atoms with van der Waals surface area (Å²) in [5.74, 6) is -0.493. The summed E-state index contributed by atoms with van der Waals surface area (Å²) in [6, 6.07) is 7.83. The molecule has 0 spiro atoms. The van der Waals surface area contributed by atoms with Crippen molar-refractivity contribution < 1.29 is 9.72 Å². The normalized spacial score (nSPS) is 10.2. The molecule has 1 amide bonds. The summed E-state index contributed by atoms with van der Waals surface area (Å²) in [4.78, 5) is 22.1. The fraction of sp³-hybridized carbons (Fsp3) is 0. The zero-order chi connectivity index (χ0) is 14.0. The third kappa shape index (κ3) is 3.04. The van der Waals surface area contributed by atoms with Crippen LogP contribution in [-0.4, -0.2) is 10.8 Å². The molecule has 2 aromatic rings. The Morgan fingerprint density at radius 1 is 1.32 bits per heavy atom. The Hall–Kier alpha value is -1.63. The third-order valence-electron chi connectivity index (χ3n) is 2.21. The van der Waals surface area contributed by atoms with Crippen LogP contribution in [0.25, 0.3) is 0 Å². The SMILES string of the molecule is O=C(Nc1ccccc1Cl)c1cc([N+](=O)[O-])c(Cl)s1. The number of carbonyl (C=O) groups is 1. The molecule has 19 heavy (non-hydrogen) atoms. The number of amides is 1. The standard InChI is InChI=1S/C11H6Cl2N2O3S/c12-6-3-1-2-4-7(6)14-11(16)9-5-8(15(17)18)10(13)19-9/h1-5H,(H,14,16). The number of nitrogens with one attached hydrogen (secondary N) is 1. The second-order valence-electron chi connectivity index (χ2n) is 3.46. The Kier molecular flexibility index (Phi) is 4.04. The van der Waals surface area contributed by atoms with Crippen molar-refractivity contribution in [1.82, 2.24) is 0 Å². The van der Waals surface area contributed by atoms with E-state index in [0.29, 0.717) is 10.7 Å². The number of thiophene rings is 1. The molecule has 2 rings (SSSR count). The van der Waals surface area contributed by atoms with Crippen LogP contribution in [0, 0.1) is 10.1 Å². The van der Waals surface area contributed by atoms with Gasteiger partial charge in [0.1, 0.15) is 4.88 Å². The van der Waals surface area contributed by atoms with Gasteiger partial charge in [0.15, 0.2) is 4.34 Å². The van der Waals surface area contributed by atoms with Crippen LogP contribution < -0.4 is 5.32 Å². The summed E-state index contributed by atoms with van der Waals surface area (Å²) < 4.78 is -0.0330. The van der Waals surface area contributed by atoms with Crippen LogP contribution in [0.2, 0.25) is 9.36 Å². The van der Waals surface area contributed by atoms with Gasteiger partial charge in [0.2, 0.25) is 0 Å². The number of anilines is 1. The van der Waals surface area contributed by atoms with Crippen molar-refractivity contribution in [3.63, 3.8) is 0 Å². The van der Waals surface area contributed by atoms with Crippen LogP contribution in [0.15, 0.2) is 30.3 Å². The average Bonchev–Trinajstić information content (AvgIpc) is 2.74. The fourth-order valence-electron chi connectivity index (χ4n) is 1.34. The monoisotopic (exact) mass is 316 g/mol. The molecule has 0 saturated carbocycles. The largest absolute Gasteiger partial charge is 0.320 e. The summed E-state index contributed by atoms with van der Waals surface area (Å²) in [6.07, 6.45) is 0. The van der Waals surface area contributed by atoms with Crippen molar-refractivity contribution in [2.24, 2.45) is 0 Å². The molecule has 0 fully saturated rings. The van der Waals surface area contributed by atoms with Gasteiger partial charge in [-0.15, -0.1) is 11.3 Å². The molecule has 1 N–H and O–H groups in total. The molecule has 1 heterocycles. The van der Waals surface area contributed by atoms with Gasteiger partial charge in [0, 0.05) is 6.07 Å². The highest BCUT2D eigenvalue weighted by Crippen LogP contribution is 2.34. The number of hydrogen-bond acceptors (Lipinski definition) is 4. The summed E-state index contributed by atoms with van der Waals surface area (Å²) in [5, 5.41) is 13.6. The van der Waals surface area contributed by atoms with Crippen molar-refractivity contribution >= 4 is 51.8 Å². The predicted molar refractivity (Wildman–Crippen MR) is 75.4 cm³/mol. The van der Waals surface area contributed by atoms with E-state index in [-0.39, 0.29) is 14.9 Å². The molecule has 0 bridgehead atoms. The Bertz CT molecular complexity index is 657. The summed E-state index contributed by atoms with van der Waals surface area (Å²) in [5.41, 5.74) is 0.150. The van der Waals surface area contributed by atoms with Gasteiger partial charge >= 0.3 is 0 Å². The molecular weight excluding hydrogens is 311 g/mol. The van der Waals surface area contributed by atoms with Crippen LogP contribution in [0.3, 0.4) is 0 Å². The number of carbonyl (C=O) groups excluding carboxylic acids is 1. The lowest BCUT2D eigenvalue weighted by Gasteiger charge is -2.04. The molecule has 0 aliphatic heterocycles. The number of nitrogens with zero attached hydrogens (tertiary/aromatic N) is 1. The summed E-state index contributed by atoms with van der Waals surface area (Å²) >= 11 is 12.4. The molecule has 8 heteroatoms. The van der Waals surface area contributed by atoms with Crippen LogP contribution in [0.1, 0.15) is 9.67 Å². The second-order valence-corrected chi connectivity index (χ2v) is 5.52. The molecular formula is C11H6Cl2N2O3S. The van der Waals surface area contributed by atoms with E-state index in [2.05, 4.69) is 5.32 Å². The molecule has 1 aromatic carbocycles. The highest BCUT2D eigenvalue weighted by molar-refractivity contribution is 7.18. The van der Waals surface area contributed by atoms with Crippen LogP contribution in [0.4, 0.5) is 11.4 Å². The maximum absolute atomic E-state index is 11.9. The van der Waals surface area contributed by atoms with Gasteiger partial charge < -0.3 is 5.32 Å². The first kappa shape index (κ1) is 13.8. The first-order valence-corrected chi connectivity index (χ1v) is 6.56. The van der Waals surface area contributed by atoms with Crippen molar-refractivity contribution in [2.45, 2.75) is 0 Å². The van der Waals surface area contributed by atoms with Gasteiger partial charge in [-0.2, -0.15) is 0 Å². The van der Waals surface area contributed by atoms with E-state index < -0.39 is 10.8 Å². The lowest BCUT2D eigenvalue weighted by atomic mass is 10.3. The van der Waals surface area contributed by atoms with Crippen molar-refractivity contribution in [2.75, 3.05) is 5.32 Å². The average molecular weight is 317 g/mol. The minimum absolute atomic E-state index is 0.0330. The van der Waals surface area contributed by atoms with Gasteiger partial charge in [0.25, 0.3) is 11.6 Å². The minimum Gasteiger partial charge on any atom is -0.320 e. The molecule has 1 aromatic heterocycles. The van der Waals surface area contributed by atoms with E-state index >= 15 is 0 Å². The zero-order valence-electron chi connectivity index (χ0n) is 9.22. The number of rotatable bonds is 3. The molecule has 0 unspecified atom stereocenters. The third-order valence-corrected chi connectivity index (χ3v) is 3.88. The Morgan fingerprint density at radius 2 is 2.00 bits per heavy atom. The fourth-order valence-corrected chi connectivity index (χ4v) is 2.64. The van der Waals surface area contributed by atoms with Crippen molar-refractivity contribution in [3.8, 4) is 0 Å². The van der Waals surface area contributed by atoms with Gasteiger partial charge in [-0.25, -0.2) is 0 Å². The number of hydrogen-bond donors (Lipinski definition) is 1. The van der Waals surface area contributed by atoms with E-state index in [4.69, 9.17) is 23.2 Å². The Balaban J connectivity index is 2.24. The van der Waals surface area contributed by atoms with Crippen LogP contribution in [-0.2, 0) is 0 Å². The highest BCUT2D eigenvalue weighted by atomic mass is 35.5. The number of halogens is 2. The van der Waals surface area contributed by atoms with Crippen LogP contribution in [0.5, 0.6) is 0 Å². The molecule has 5 nitrogen and oxygen atoms in total. The smallest absolute Gasteiger partial charge is 0.299 e. The first-order chi connectivity index (χ1) is 8.99. The van der Waals surface area contributed by atoms with E-state index in [1.54, 1.807) is 24.3 Å². The predicted octanol–water partition coefficient (Wildman–Crippen LogP) is 4.22. The number of benzene rings is 1. The Labute approximate surface area is 121 Å². The summed E-state index contributed by atoms with van der Waals surface area (Å²) in [6.45, 7) is 0. The molecule has 0 atom stereocenters. The van der Waals surface area contributed by atoms with Gasteiger partial charge in [0.05, 0.1) is 15.6 Å². The van der Waals surface area contributed by atoms with E-state index in [1.165, 1.54) is 0 Å². The second kappa shape index (κ2) is 5.56. The first-order valence-electron chi connectivity index (χ1n) is 4.98. The van der Waals surface area contributed by atoms with Crippen molar-refractivity contribution in [3.05, 3.63) is 54.7 Å². The number of para-hydroxylation sites is 1. The maximum Gasteiger partial charge on any atom is 0.299 e. The molecule has 98 valence electrons. The molecule has 0 aliphatic rings. The number of nitro groups is 1. The van der Waals surface area contributed by atoms with Crippen molar-refractivity contribution in [1.29, 1.82) is 0 Å². The Morgan fingerprint density at radius 3 is 2.58 bits per heavy atom. The van der Waals surface area contributed by atoms with Crippen LogP contribution >= 0.6 is 34.5 Å². The minimum atomic E-state index is -0.634. The molecule has 0 radical (unpaired) electrons. The quantitative estimate of drug-likeness (QED) is 0.680. The maximum atomic E-state index is 11.9. The molecule has 0 saturated heterocycles. The lowest BCUT2D eigenvalue weighted by molar-refractivity contribution is -0.384. The van der Waals surface area contributed by atoms with E-state index in [1.807, 2.05) is 0 Å². The molecule has 0 aliphatic carbocycles. The van der Waals surface area contributed by atoms with Gasteiger partial charge in [-0.3, -0.25) is 14.9 Å². The zero-order valence-corrected chi connectivity index (χ0v) is 11.6. The van der Waals surface area contributed by atoms with Gasteiger partial charge in [-0.05, 0) is 12.1 Å².